The molecule has 0 aliphatic rings. The predicted molar refractivity (Wildman–Crippen MR) is 78.0 cm³/mol. The number of methoxy groups -OCH3 is 1. The fourth-order valence-electron chi connectivity index (χ4n) is 1.75. The van der Waals surface area contributed by atoms with E-state index < -0.39 is 5.97 Å². The quantitative estimate of drug-likeness (QED) is 0.693. The average molecular weight is 292 g/mol. The van der Waals surface area contributed by atoms with Gasteiger partial charge in [-0.25, -0.2) is 4.79 Å². The van der Waals surface area contributed by atoms with E-state index in [0.717, 1.165) is 5.56 Å². The van der Waals surface area contributed by atoms with Crippen LogP contribution in [0.5, 0.6) is 5.75 Å². The summed E-state index contributed by atoms with van der Waals surface area (Å²) < 4.78 is 10.3. The monoisotopic (exact) mass is 291 g/mol. The number of anilines is 1. The highest BCUT2D eigenvalue weighted by molar-refractivity contribution is 6.30. The van der Waals surface area contributed by atoms with Gasteiger partial charge >= 0.3 is 5.97 Å². The molecule has 0 amide bonds. The number of ether oxygens (including phenoxy) is 2. The van der Waals surface area contributed by atoms with Gasteiger partial charge in [-0.15, -0.1) is 0 Å². The second-order valence-electron chi connectivity index (χ2n) is 4.13. The molecule has 0 heterocycles. The number of hydrogen-bond acceptors (Lipinski definition) is 4. The Morgan fingerprint density at radius 3 is 2.70 bits per heavy atom. The van der Waals surface area contributed by atoms with Gasteiger partial charge in [-0.1, -0.05) is 29.8 Å². The van der Waals surface area contributed by atoms with E-state index >= 15 is 0 Å². The number of nitrogens with two attached hydrogens (primary N) is 1. The van der Waals surface area contributed by atoms with Gasteiger partial charge in [0.15, 0.2) is 0 Å². The molecule has 20 heavy (non-hydrogen) atoms. The van der Waals surface area contributed by atoms with Gasteiger partial charge in [0.05, 0.1) is 18.4 Å². The van der Waals surface area contributed by atoms with Crippen molar-refractivity contribution in [1.82, 2.24) is 0 Å². The van der Waals surface area contributed by atoms with Crippen molar-refractivity contribution in [3.8, 4) is 5.75 Å². The Kier molecular flexibility index (Phi) is 4.48. The number of esters is 1. The minimum absolute atomic E-state index is 0.135. The number of rotatable bonds is 4. The van der Waals surface area contributed by atoms with E-state index in [9.17, 15) is 4.79 Å². The molecular weight excluding hydrogens is 278 g/mol. The van der Waals surface area contributed by atoms with Gasteiger partial charge in [0.2, 0.25) is 0 Å². The summed E-state index contributed by atoms with van der Waals surface area (Å²) in [4.78, 5) is 12.0. The van der Waals surface area contributed by atoms with Crippen molar-refractivity contribution in [3.05, 3.63) is 58.6 Å². The fraction of sp³-hybridized carbons (Fsp3) is 0.133. The summed E-state index contributed by atoms with van der Waals surface area (Å²) in [6.45, 7) is 0.135. The van der Waals surface area contributed by atoms with E-state index in [-0.39, 0.29) is 17.9 Å². The maximum atomic E-state index is 12.0. The summed E-state index contributed by atoms with van der Waals surface area (Å²) in [5.74, 6) is -0.0522. The van der Waals surface area contributed by atoms with Crippen molar-refractivity contribution >= 4 is 23.3 Å². The first-order chi connectivity index (χ1) is 9.61. The van der Waals surface area contributed by atoms with Crippen molar-refractivity contribution in [2.75, 3.05) is 12.8 Å². The fourth-order valence-corrected chi connectivity index (χ4v) is 1.97. The molecule has 2 N–H and O–H groups in total. The lowest BCUT2D eigenvalue weighted by molar-refractivity contribution is 0.0473. The molecule has 5 heteroatoms. The van der Waals surface area contributed by atoms with E-state index in [1.807, 2.05) is 6.07 Å². The molecule has 0 aliphatic heterocycles. The van der Waals surface area contributed by atoms with Crippen LogP contribution in [0.4, 0.5) is 5.69 Å². The molecule has 0 aliphatic carbocycles. The van der Waals surface area contributed by atoms with Crippen LogP contribution in [0.2, 0.25) is 5.02 Å². The highest BCUT2D eigenvalue weighted by atomic mass is 35.5. The largest absolute Gasteiger partial charge is 0.495 e. The minimum Gasteiger partial charge on any atom is -0.495 e. The van der Waals surface area contributed by atoms with Crippen molar-refractivity contribution in [3.63, 3.8) is 0 Å². The SMILES string of the molecule is COc1cccc(C(=O)OCc2cccc(Cl)c2)c1N. The molecule has 2 rings (SSSR count). The first kappa shape index (κ1) is 14.2. The third-order valence-electron chi connectivity index (χ3n) is 2.76. The summed E-state index contributed by atoms with van der Waals surface area (Å²) in [5.41, 5.74) is 7.21. The molecule has 4 nitrogen and oxygen atoms in total. The molecule has 0 atom stereocenters. The van der Waals surface area contributed by atoms with Gasteiger partial charge in [-0.05, 0) is 29.8 Å². The van der Waals surface area contributed by atoms with Crippen LogP contribution in [-0.4, -0.2) is 13.1 Å². The summed E-state index contributed by atoms with van der Waals surface area (Å²) in [6.07, 6.45) is 0. The average Bonchev–Trinajstić information content (AvgIpc) is 2.45. The number of carbonyl (C=O) groups is 1. The first-order valence-electron chi connectivity index (χ1n) is 5.96. The van der Waals surface area contributed by atoms with Crippen LogP contribution in [0.25, 0.3) is 0 Å². The maximum absolute atomic E-state index is 12.0. The highest BCUT2D eigenvalue weighted by Gasteiger charge is 2.14. The summed E-state index contributed by atoms with van der Waals surface area (Å²) in [7, 11) is 1.49. The van der Waals surface area contributed by atoms with Crippen LogP contribution < -0.4 is 10.5 Å². The van der Waals surface area contributed by atoms with E-state index in [1.165, 1.54) is 7.11 Å². The molecule has 0 saturated carbocycles. The number of para-hydroxylation sites is 1. The van der Waals surface area contributed by atoms with Crippen molar-refractivity contribution in [1.29, 1.82) is 0 Å². The van der Waals surface area contributed by atoms with Crippen molar-refractivity contribution < 1.29 is 14.3 Å². The summed E-state index contributed by atoms with van der Waals surface area (Å²) in [6, 6.07) is 12.1. The molecule has 0 fully saturated rings. The third kappa shape index (κ3) is 3.22. The zero-order valence-electron chi connectivity index (χ0n) is 10.9. The van der Waals surface area contributed by atoms with E-state index in [0.29, 0.717) is 10.8 Å². The van der Waals surface area contributed by atoms with Crippen LogP contribution in [0.3, 0.4) is 0 Å². The van der Waals surface area contributed by atoms with Gasteiger partial charge in [0.25, 0.3) is 0 Å². The van der Waals surface area contributed by atoms with E-state index in [1.54, 1.807) is 36.4 Å². The molecular formula is C15H14ClNO3. The maximum Gasteiger partial charge on any atom is 0.340 e. The lowest BCUT2D eigenvalue weighted by Gasteiger charge is -2.10. The van der Waals surface area contributed by atoms with Gasteiger partial charge in [-0.2, -0.15) is 0 Å². The molecule has 2 aromatic carbocycles. The number of nitrogen functional groups attached to an aromatic ring is 1. The molecule has 0 bridgehead atoms. The molecule has 2 aromatic rings. The Morgan fingerprint density at radius 1 is 1.25 bits per heavy atom. The molecule has 0 unspecified atom stereocenters. The third-order valence-corrected chi connectivity index (χ3v) is 3.00. The summed E-state index contributed by atoms with van der Waals surface area (Å²) >= 11 is 5.86. The number of benzene rings is 2. The topological polar surface area (TPSA) is 61.5 Å². The zero-order valence-corrected chi connectivity index (χ0v) is 11.7. The Hall–Kier alpha value is -2.20. The van der Waals surface area contributed by atoms with Crippen LogP contribution in [0.15, 0.2) is 42.5 Å². The summed E-state index contributed by atoms with van der Waals surface area (Å²) in [5, 5.41) is 0.597. The van der Waals surface area contributed by atoms with Crippen LogP contribution in [0.1, 0.15) is 15.9 Å². The Bertz CT molecular complexity index is 628. The molecule has 104 valence electrons. The number of halogens is 1. The van der Waals surface area contributed by atoms with Gasteiger partial charge in [0, 0.05) is 5.02 Å². The molecule has 0 aromatic heterocycles. The van der Waals surface area contributed by atoms with Crippen LogP contribution >= 0.6 is 11.6 Å². The van der Waals surface area contributed by atoms with Crippen LogP contribution in [-0.2, 0) is 11.3 Å². The van der Waals surface area contributed by atoms with E-state index in [2.05, 4.69) is 0 Å². The molecule has 0 radical (unpaired) electrons. The van der Waals surface area contributed by atoms with Gasteiger partial charge in [-0.3, -0.25) is 0 Å². The standard InChI is InChI=1S/C15H14ClNO3/c1-19-13-7-3-6-12(14(13)17)15(18)20-9-10-4-2-5-11(16)8-10/h2-8H,9,17H2,1H3. The van der Waals surface area contributed by atoms with Gasteiger partial charge in [0.1, 0.15) is 12.4 Å². The Morgan fingerprint density at radius 2 is 2.00 bits per heavy atom. The first-order valence-corrected chi connectivity index (χ1v) is 6.33. The second kappa shape index (κ2) is 6.30. The zero-order chi connectivity index (χ0) is 14.5. The predicted octanol–water partition coefficient (Wildman–Crippen LogP) is 3.29. The van der Waals surface area contributed by atoms with Crippen molar-refractivity contribution in [2.45, 2.75) is 6.61 Å². The van der Waals surface area contributed by atoms with Crippen LogP contribution in [0, 0.1) is 0 Å². The molecule has 0 saturated heterocycles. The normalized spacial score (nSPS) is 10.1. The highest BCUT2D eigenvalue weighted by Crippen LogP contribution is 2.25. The smallest absolute Gasteiger partial charge is 0.340 e. The van der Waals surface area contributed by atoms with Gasteiger partial charge < -0.3 is 15.2 Å². The lowest BCUT2D eigenvalue weighted by atomic mass is 10.1. The van der Waals surface area contributed by atoms with E-state index in [4.69, 9.17) is 26.8 Å². The minimum atomic E-state index is -0.499. The Labute approximate surface area is 122 Å². The molecule has 0 spiro atoms. The van der Waals surface area contributed by atoms with Crippen molar-refractivity contribution in [2.24, 2.45) is 0 Å². The number of hydrogen-bond donors (Lipinski definition) is 1. The lowest BCUT2D eigenvalue weighted by Crippen LogP contribution is -2.09. The Balaban J connectivity index is 2.09. The number of carbonyl (C=O) groups excluding carboxylic acids is 1. The second-order valence-corrected chi connectivity index (χ2v) is 4.56.